The molecular formula is C17H32O4. The van der Waals surface area contributed by atoms with Crippen LogP contribution in [0.1, 0.15) is 65.7 Å². The van der Waals surface area contributed by atoms with Gasteiger partial charge in [0.25, 0.3) is 0 Å². The Balaban J connectivity index is 3.83. The highest BCUT2D eigenvalue weighted by Gasteiger charge is 2.15. The molecule has 0 aliphatic heterocycles. The van der Waals surface area contributed by atoms with Gasteiger partial charge in [-0.05, 0) is 45.6 Å². The number of carboxylic acid groups (broad SMARTS) is 1. The van der Waals surface area contributed by atoms with Crippen molar-refractivity contribution in [3.8, 4) is 0 Å². The molecule has 0 aliphatic carbocycles. The molecule has 0 bridgehead atoms. The molecule has 0 radical (unpaired) electrons. The van der Waals surface area contributed by atoms with Crippen molar-refractivity contribution in [2.75, 3.05) is 13.2 Å². The van der Waals surface area contributed by atoms with Gasteiger partial charge in [0.05, 0.1) is 5.92 Å². The summed E-state index contributed by atoms with van der Waals surface area (Å²) >= 11 is 0. The number of ether oxygens (including phenoxy) is 2. The monoisotopic (exact) mass is 300 g/mol. The first kappa shape index (κ1) is 20.1. The maximum atomic E-state index is 11.1. The van der Waals surface area contributed by atoms with Crippen LogP contribution >= 0.6 is 0 Å². The van der Waals surface area contributed by atoms with E-state index >= 15 is 0 Å². The van der Waals surface area contributed by atoms with E-state index in [0.717, 1.165) is 44.9 Å². The zero-order valence-electron chi connectivity index (χ0n) is 13.8. The highest BCUT2D eigenvalue weighted by molar-refractivity contribution is 5.69. The molecule has 4 heteroatoms. The van der Waals surface area contributed by atoms with Crippen molar-refractivity contribution in [1.82, 2.24) is 0 Å². The summed E-state index contributed by atoms with van der Waals surface area (Å²) in [5.74, 6) is -0.819. The van der Waals surface area contributed by atoms with Crippen LogP contribution in [0, 0.1) is 5.92 Å². The molecule has 1 N–H and O–H groups in total. The third-order valence-electron chi connectivity index (χ3n) is 3.38. The molecule has 124 valence electrons. The summed E-state index contributed by atoms with van der Waals surface area (Å²) in [4.78, 5) is 11.1. The molecule has 21 heavy (non-hydrogen) atoms. The van der Waals surface area contributed by atoms with Gasteiger partial charge in [0.15, 0.2) is 6.29 Å². The third kappa shape index (κ3) is 11.5. The van der Waals surface area contributed by atoms with Crippen LogP contribution in [0.4, 0.5) is 0 Å². The van der Waals surface area contributed by atoms with Gasteiger partial charge in [-0.25, -0.2) is 0 Å². The van der Waals surface area contributed by atoms with Crippen LogP contribution in [-0.2, 0) is 14.3 Å². The predicted octanol–water partition coefficient (Wildman–Crippen LogP) is 4.39. The van der Waals surface area contributed by atoms with Crippen LogP contribution in [0.3, 0.4) is 0 Å². The lowest BCUT2D eigenvalue weighted by Gasteiger charge is -2.12. The number of hydrogen-bond donors (Lipinski definition) is 1. The van der Waals surface area contributed by atoms with E-state index in [2.05, 4.69) is 13.0 Å². The third-order valence-corrected chi connectivity index (χ3v) is 3.38. The molecule has 4 nitrogen and oxygen atoms in total. The van der Waals surface area contributed by atoms with Gasteiger partial charge in [-0.15, -0.1) is 0 Å². The summed E-state index contributed by atoms with van der Waals surface area (Å²) < 4.78 is 10.8. The number of carbonyl (C=O) groups is 1. The molecule has 0 aromatic rings. The Labute approximate surface area is 129 Å². The van der Waals surface area contributed by atoms with E-state index in [1.807, 2.05) is 19.9 Å². The number of hydrogen-bond acceptors (Lipinski definition) is 3. The van der Waals surface area contributed by atoms with Gasteiger partial charge in [0.1, 0.15) is 0 Å². The summed E-state index contributed by atoms with van der Waals surface area (Å²) in [6.45, 7) is 7.25. The van der Waals surface area contributed by atoms with Crippen molar-refractivity contribution >= 4 is 5.97 Å². The molecule has 0 amide bonds. The highest BCUT2D eigenvalue weighted by Crippen LogP contribution is 2.17. The fraction of sp³-hybridized carbons (Fsp3) is 0.824. The lowest BCUT2D eigenvalue weighted by atomic mass is 9.95. The highest BCUT2D eigenvalue weighted by atomic mass is 16.7. The van der Waals surface area contributed by atoms with E-state index < -0.39 is 5.97 Å². The van der Waals surface area contributed by atoms with Crippen LogP contribution in [0.25, 0.3) is 0 Å². The predicted molar refractivity (Wildman–Crippen MR) is 85.3 cm³/mol. The van der Waals surface area contributed by atoms with Crippen LogP contribution in [0.2, 0.25) is 0 Å². The Hall–Kier alpha value is -0.870. The van der Waals surface area contributed by atoms with Crippen LogP contribution in [0.5, 0.6) is 0 Å². The quantitative estimate of drug-likeness (QED) is 0.293. The smallest absolute Gasteiger partial charge is 0.306 e. The maximum Gasteiger partial charge on any atom is 0.306 e. The number of rotatable bonds is 14. The lowest BCUT2D eigenvalue weighted by Crippen LogP contribution is -2.14. The zero-order chi connectivity index (χ0) is 15.9. The first-order valence-electron chi connectivity index (χ1n) is 8.28. The standard InChI is InChI=1S/C17H32O4/c1-4-7-12-15(17(18)19)13-10-8-9-11-14-16(20-5-2)21-6-3/h11,14-16H,4-10,12-13H2,1-3H3,(H,18,19)/b14-11+. The molecule has 0 saturated carbocycles. The van der Waals surface area contributed by atoms with Gasteiger partial charge in [-0.3, -0.25) is 4.79 Å². The number of unbranched alkanes of at least 4 members (excludes halogenated alkanes) is 3. The van der Waals surface area contributed by atoms with Crippen LogP contribution < -0.4 is 0 Å². The summed E-state index contributed by atoms with van der Waals surface area (Å²) in [5, 5.41) is 9.15. The van der Waals surface area contributed by atoms with E-state index in [4.69, 9.17) is 14.6 Å². The van der Waals surface area contributed by atoms with Crippen molar-refractivity contribution in [3.63, 3.8) is 0 Å². The molecule has 0 rings (SSSR count). The largest absolute Gasteiger partial charge is 0.481 e. The van der Waals surface area contributed by atoms with Crippen molar-refractivity contribution in [2.45, 2.75) is 72.0 Å². The van der Waals surface area contributed by atoms with Gasteiger partial charge in [-0.1, -0.05) is 32.3 Å². The maximum absolute atomic E-state index is 11.1. The van der Waals surface area contributed by atoms with Crippen molar-refractivity contribution < 1.29 is 19.4 Å². The fourth-order valence-electron chi connectivity index (χ4n) is 2.19. The number of aliphatic carboxylic acids is 1. The summed E-state index contributed by atoms with van der Waals surface area (Å²) in [7, 11) is 0. The van der Waals surface area contributed by atoms with E-state index in [1.165, 1.54) is 0 Å². The summed E-state index contributed by atoms with van der Waals surface area (Å²) in [6, 6.07) is 0. The number of carboxylic acids is 1. The van der Waals surface area contributed by atoms with E-state index in [9.17, 15) is 4.79 Å². The van der Waals surface area contributed by atoms with Gasteiger partial charge in [0.2, 0.25) is 0 Å². The molecule has 0 heterocycles. The topological polar surface area (TPSA) is 55.8 Å². The van der Waals surface area contributed by atoms with Gasteiger partial charge >= 0.3 is 5.97 Å². The minimum atomic E-state index is -0.647. The van der Waals surface area contributed by atoms with Crippen LogP contribution in [-0.4, -0.2) is 30.6 Å². The normalized spacial score (nSPS) is 13.1. The van der Waals surface area contributed by atoms with E-state index in [0.29, 0.717) is 13.2 Å². The van der Waals surface area contributed by atoms with Crippen molar-refractivity contribution in [3.05, 3.63) is 12.2 Å². The summed E-state index contributed by atoms with van der Waals surface area (Å²) in [6.07, 6.45) is 10.3. The van der Waals surface area contributed by atoms with Crippen molar-refractivity contribution in [2.24, 2.45) is 5.92 Å². The van der Waals surface area contributed by atoms with Gasteiger partial charge in [0, 0.05) is 13.2 Å². The molecule has 0 spiro atoms. The molecule has 0 aromatic carbocycles. The van der Waals surface area contributed by atoms with Crippen LogP contribution in [0.15, 0.2) is 12.2 Å². The number of allylic oxidation sites excluding steroid dienone is 1. The first-order chi connectivity index (χ1) is 10.2. The minimum Gasteiger partial charge on any atom is -0.481 e. The first-order valence-corrected chi connectivity index (χ1v) is 8.28. The Morgan fingerprint density at radius 1 is 1.05 bits per heavy atom. The van der Waals surface area contributed by atoms with Gasteiger partial charge < -0.3 is 14.6 Å². The summed E-state index contributed by atoms with van der Waals surface area (Å²) in [5.41, 5.74) is 0. The fourth-order valence-corrected chi connectivity index (χ4v) is 2.19. The molecule has 1 unspecified atom stereocenters. The average Bonchev–Trinajstić information content (AvgIpc) is 2.45. The molecule has 0 saturated heterocycles. The zero-order valence-corrected chi connectivity index (χ0v) is 13.8. The molecule has 0 aromatic heterocycles. The molecule has 0 aliphatic rings. The minimum absolute atomic E-state index is 0.173. The lowest BCUT2D eigenvalue weighted by molar-refractivity contribution is -0.142. The van der Waals surface area contributed by atoms with Gasteiger partial charge in [-0.2, -0.15) is 0 Å². The Morgan fingerprint density at radius 3 is 2.19 bits per heavy atom. The van der Waals surface area contributed by atoms with E-state index in [-0.39, 0.29) is 12.2 Å². The molecule has 0 fully saturated rings. The molecule has 1 atom stereocenters. The Morgan fingerprint density at radius 2 is 1.67 bits per heavy atom. The second-order valence-corrected chi connectivity index (χ2v) is 5.17. The van der Waals surface area contributed by atoms with Crippen molar-refractivity contribution in [1.29, 1.82) is 0 Å². The Kier molecular flexibility index (Phi) is 13.5. The second-order valence-electron chi connectivity index (χ2n) is 5.17. The second kappa shape index (κ2) is 14.1. The van der Waals surface area contributed by atoms with E-state index in [1.54, 1.807) is 0 Å². The average molecular weight is 300 g/mol. The Bertz CT molecular complexity index is 270. The molecular weight excluding hydrogens is 268 g/mol. The SMILES string of the molecule is CCCCC(CCCC/C=C/C(OCC)OCC)C(=O)O.